The highest BCUT2D eigenvalue weighted by molar-refractivity contribution is 5.81. The summed E-state index contributed by atoms with van der Waals surface area (Å²) in [5.74, 6) is 1.29. The summed E-state index contributed by atoms with van der Waals surface area (Å²) >= 11 is 0. The first kappa shape index (κ1) is 13.1. The monoisotopic (exact) mass is 252 g/mol. The lowest BCUT2D eigenvalue weighted by Crippen LogP contribution is -2.43. The van der Waals surface area contributed by atoms with Crippen LogP contribution in [0.4, 0.5) is 0 Å². The molecular formula is C13H20N2O3. The fourth-order valence-corrected chi connectivity index (χ4v) is 1.92. The van der Waals surface area contributed by atoms with E-state index in [0.29, 0.717) is 12.5 Å². The molecule has 1 aromatic rings. The summed E-state index contributed by atoms with van der Waals surface area (Å²) in [4.78, 5) is 11.8. The summed E-state index contributed by atoms with van der Waals surface area (Å²) in [6.07, 6.45) is 2.68. The molecule has 1 amide bonds. The summed E-state index contributed by atoms with van der Waals surface area (Å²) < 4.78 is 10.4. The van der Waals surface area contributed by atoms with Gasteiger partial charge in [0.1, 0.15) is 5.76 Å². The van der Waals surface area contributed by atoms with Gasteiger partial charge >= 0.3 is 0 Å². The number of furan rings is 1. The molecular weight excluding hydrogens is 232 g/mol. The number of amides is 1. The van der Waals surface area contributed by atoms with Crippen molar-refractivity contribution in [2.24, 2.45) is 5.92 Å². The van der Waals surface area contributed by atoms with Crippen molar-refractivity contribution in [3.63, 3.8) is 0 Å². The molecule has 0 aromatic carbocycles. The lowest BCUT2D eigenvalue weighted by atomic mass is 10.1. The van der Waals surface area contributed by atoms with Gasteiger partial charge in [0.15, 0.2) is 0 Å². The van der Waals surface area contributed by atoms with Gasteiger partial charge in [0, 0.05) is 13.2 Å². The number of hydrogen-bond acceptors (Lipinski definition) is 4. The van der Waals surface area contributed by atoms with Gasteiger partial charge in [0.2, 0.25) is 5.91 Å². The van der Waals surface area contributed by atoms with E-state index in [1.807, 2.05) is 19.1 Å². The zero-order chi connectivity index (χ0) is 12.8. The average Bonchev–Trinajstić information content (AvgIpc) is 3.05. The highest BCUT2D eigenvalue weighted by atomic mass is 16.5. The number of carbonyl (C=O) groups is 1. The fraction of sp³-hybridized carbons (Fsp3) is 0.615. The molecule has 0 aliphatic carbocycles. The molecule has 2 N–H and O–H groups in total. The number of rotatable bonds is 6. The molecule has 18 heavy (non-hydrogen) atoms. The minimum absolute atomic E-state index is 0.00897. The number of hydrogen-bond donors (Lipinski definition) is 2. The molecule has 1 aromatic heterocycles. The van der Waals surface area contributed by atoms with E-state index in [2.05, 4.69) is 10.6 Å². The average molecular weight is 252 g/mol. The van der Waals surface area contributed by atoms with E-state index in [0.717, 1.165) is 31.9 Å². The molecule has 100 valence electrons. The summed E-state index contributed by atoms with van der Waals surface area (Å²) in [6.45, 7) is 4.77. The van der Waals surface area contributed by atoms with Crippen molar-refractivity contribution in [3.05, 3.63) is 24.2 Å². The zero-order valence-corrected chi connectivity index (χ0v) is 10.6. The maximum Gasteiger partial charge on any atom is 0.237 e. The second kappa shape index (κ2) is 6.56. The molecule has 0 radical (unpaired) electrons. The first-order valence-corrected chi connectivity index (χ1v) is 6.37. The van der Waals surface area contributed by atoms with E-state index in [4.69, 9.17) is 9.15 Å². The van der Waals surface area contributed by atoms with Gasteiger partial charge < -0.3 is 19.8 Å². The Morgan fingerprint density at radius 3 is 3.17 bits per heavy atom. The van der Waals surface area contributed by atoms with Crippen LogP contribution < -0.4 is 10.6 Å². The largest absolute Gasteiger partial charge is 0.467 e. The van der Waals surface area contributed by atoms with Gasteiger partial charge in [-0.3, -0.25) is 4.79 Å². The Morgan fingerprint density at radius 2 is 2.50 bits per heavy atom. The van der Waals surface area contributed by atoms with E-state index in [1.165, 1.54) is 0 Å². The van der Waals surface area contributed by atoms with Crippen LogP contribution >= 0.6 is 0 Å². The SMILES string of the molecule is CC(NCC1CCOC1)C(=O)NCc1ccco1. The van der Waals surface area contributed by atoms with Crippen LogP contribution in [0.25, 0.3) is 0 Å². The second-order valence-corrected chi connectivity index (χ2v) is 4.66. The third kappa shape index (κ3) is 3.85. The molecule has 2 unspecified atom stereocenters. The molecule has 1 saturated heterocycles. The van der Waals surface area contributed by atoms with Crippen molar-refractivity contribution in [2.45, 2.75) is 25.9 Å². The topological polar surface area (TPSA) is 63.5 Å². The van der Waals surface area contributed by atoms with Crippen LogP contribution in [0.2, 0.25) is 0 Å². The third-order valence-corrected chi connectivity index (χ3v) is 3.15. The van der Waals surface area contributed by atoms with Gasteiger partial charge in [-0.15, -0.1) is 0 Å². The molecule has 0 bridgehead atoms. The van der Waals surface area contributed by atoms with Crippen LogP contribution in [-0.4, -0.2) is 31.7 Å². The van der Waals surface area contributed by atoms with Crippen LogP contribution in [0.15, 0.2) is 22.8 Å². The molecule has 5 heteroatoms. The van der Waals surface area contributed by atoms with E-state index in [-0.39, 0.29) is 11.9 Å². The van der Waals surface area contributed by atoms with Gasteiger partial charge in [-0.25, -0.2) is 0 Å². The Hall–Kier alpha value is -1.33. The van der Waals surface area contributed by atoms with Crippen molar-refractivity contribution in [3.8, 4) is 0 Å². The molecule has 1 aliphatic rings. The highest BCUT2D eigenvalue weighted by Gasteiger charge is 2.18. The van der Waals surface area contributed by atoms with E-state index >= 15 is 0 Å². The summed E-state index contributed by atoms with van der Waals surface area (Å²) in [7, 11) is 0. The van der Waals surface area contributed by atoms with Crippen molar-refractivity contribution in [1.29, 1.82) is 0 Å². The van der Waals surface area contributed by atoms with Crippen LogP contribution in [0.5, 0.6) is 0 Å². The van der Waals surface area contributed by atoms with E-state index in [1.54, 1.807) is 6.26 Å². The Balaban J connectivity index is 1.64. The van der Waals surface area contributed by atoms with E-state index in [9.17, 15) is 4.79 Å². The van der Waals surface area contributed by atoms with Gasteiger partial charge in [-0.1, -0.05) is 0 Å². The van der Waals surface area contributed by atoms with E-state index < -0.39 is 0 Å². The molecule has 1 aliphatic heterocycles. The molecule has 0 saturated carbocycles. The molecule has 5 nitrogen and oxygen atoms in total. The van der Waals surface area contributed by atoms with Crippen molar-refractivity contribution in [2.75, 3.05) is 19.8 Å². The number of ether oxygens (including phenoxy) is 1. The molecule has 2 heterocycles. The Morgan fingerprint density at radius 1 is 1.61 bits per heavy atom. The smallest absolute Gasteiger partial charge is 0.237 e. The minimum Gasteiger partial charge on any atom is -0.467 e. The normalized spacial score (nSPS) is 20.8. The molecule has 0 spiro atoms. The maximum atomic E-state index is 11.8. The van der Waals surface area contributed by atoms with Crippen molar-refractivity contribution >= 4 is 5.91 Å². The Kier molecular flexibility index (Phi) is 4.78. The third-order valence-electron chi connectivity index (χ3n) is 3.15. The molecule has 2 atom stereocenters. The standard InChI is InChI=1S/C13H20N2O3/c1-10(14-7-11-4-6-17-9-11)13(16)15-8-12-3-2-5-18-12/h2-3,5,10-11,14H,4,6-9H2,1H3,(H,15,16). The Bertz CT molecular complexity index is 358. The second-order valence-electron chi connectivity index (χ2n) is 4.66. The van der Waals surface area contributed by atoms with Crippen LogP contribution in [0, 0.1) is 5.92 Å². The summed E-state index contributed by atoms with van der Waals surface area (Å²) in [6, 6.07) is 3.46. The van der Waals surface area contributed by atoms with Gasteiger partial charge in [0.05, 0.1) is 25.5 Å². The lowest BCUT2D eigenvalue weighted by molar-refractivity contribution is -0.123. The zero-order valence-electron chi connectivity index (χ0n) is 10.6. The molecule has 1 fully saturated rings. The highest BCUT2D eigenvalue weighted by Crippen LogP contribution is 2.10. The first-order chi connectivity index (χ1) is 8.75. The maximum absolute atomic E-state index is 11.8. The summed E-state index contributed by atoms with van der Waals surface area (Å²) in [5.41, 5.74) is 0. The Labute approximate surface area is 107 Å². The van der Waals surface area contributed by atoms with Crippen LogP contribution in [0.3, 0.4) is 0 Å². The molecule has 2 rings (SSSR count). The summed E-state index contributed by atoms with van der Waals surface area (Å²) in [5, 5.41) is 6.07. The van der Waals surface area contributed by atoms with Crippen molar-refractivity contribution in [1.82, 2.24) is 10.6 Å². The van der Waals surface area contributed by atoms with Gasteiger partial charge in [0.25, 0.3) is 0 Å². The van der Waals surface area contributed by atoms with Crippen LogP contribution in [0.1, 0.15) is 19.1 Å². The van der Waals surface area contributed by atoms with Crippen molar-refractivity contribution < 1.29 is 13.9 Å². The van der Waals surface area contributed by atoms with Gasteiger partial charge in [-0.05, 0) is 31.4 Å². The number of nitrogens with one attached hydrogen (secondary N) is 2. The quantitative estimate of drug-likeness (QED) is 0.790. The predicted octanol–water partition coefficient (Wildman–Crippen LogP) is 0.910. The fourth-order valence-electron chi connectivity index (χ4n) is 1.92. The number of carbonyl (C=O) groups excluding carboxylic acids is 1. The first-order valence-electron chi connectivity index (χ1n) is 6.37. The minimum atomic E-state index is -0.194. The lowest BCUT2D eigenvalue weighted by Gasteiger charge is -2.15. The van der Waals surface area contributed by atoms with Crippen LogP contribution in [-0.2, 0) is 16.1 Å². The predicted molar refractivity (Wildman–Crippen MR) is 66.9 cm³/mol. The van der Waals surface area contributed by atoms with Gasteiger partial charge in [-0.2, -0.15) is 0 Å².